The van der Waals surface area contributed by atoms with E-state index in [2.05, 4.69) is 15.5 Å². The number of benzene rings is 1. The molecule has 1 amide bonds. The first-order chi connectivity index (χ1) is 12.8. The Labute approximate surface area is 154 Å². The van der Waals surface area contributed by atoms with Crippen LogP contribution in [0.5, 0.6) is 0 Å². The number of thiophene rings is 1. The zero-order valence-corrected chi connectivity index (χ0v) is 14.8. The van der Waals surface area contributed by atoms with Gasteiger partial charge in [-0.1, -0.05) is 41.5 Å². The van der Waals surface area contributed by atoms with Crippen LogP contribution in [0.4, 0.5) is 6.01 Å². The molecule has 1 atom stereocenters. The number of aromatic nitrogens is 2. The molecule has 1 aliphatic heterocycles. The van der Waals surface area contributed by atoms with Crippen molar-refractivity contribution < 1.29 is 13.9 Å². The lowest BCUT2D eigenvalue weighted by Crippen LogP contribution is -2.36. The molecule has 0 radical (unpaired) electrons. The van der Waals surface area contributed by atoms with Gasteiger partial charge in [0.25, 0.3) is 5.91 Å². The lowest BCUT2D eigenvalue weighted by molar-refractivity contribution is 0.0942. The summed E-state index contributed by atoms with van der Waals surface area (Å²) < 4.78 is 11.2. The van der Waals surface area contributed by atoms with E-state index in [1.165, 1.54) is 11.3 Å². The molecule has 0 bridgehead atoms. The number of carbonyl (C=O) groups is 1. The number of amides is 1. The average molecular weight is 370 g/mol. The van der Waals surface area contributed by atoms with Crippen LogP contribution in [0.25, 0.3) is 0 Å². The summed E-state index contributed by atoms with van der Waals surface area (Å²) in [5.41, 5.74) is 0.884. The van der Waals surface area contributed by atoms with Crippen LogP contribution in [0.1, 0.15) is 27.2 Å². The van der Waals surface area contributed by atoms with Crippen molar-refractivity contribution >= 4 is 23.3 Å². The third-order valence-corrected chi connectivity index (χ3v) is 4.98. The molecule has 7 nitrogen and oxygen atoms in total. The van der Waals surface area contributed by atoms with Crippen LogP contribution in [-0.2, 0) is 4.74 Å². The van der Waals surface area contributed by atoms with E-state index in [9.17, 15) is 4.79 Å². The monoisotopic (exact) mass is 370 g/mol. The van der Waals surface area contributed by atoms with Crippen LogP contribution < -0.4 is 10.2 Å². The predicted molar refractivity (Wildman–Crippen MR) is 97.4 cm³/mol. The maximum atomic E-state index is 12.6. The summed E-state index contributed by atoms with van der Waals surface area (Å²) in [7, 11) is 0. The maximum Gasteiger partial charge on any atom is 0.318 e. The number of nitrogens with one attached hydrogen (secondary N) is 1. The summed E-state index contributed by atoms with van der Waals surface area (Å²) in [6.07, 6.45) is 0. The summed E-state index contributed by atoms with van der Waals surface area (Å²) in [6, 6.07) is 13.2. The van der Waals surface area contributed by atoms with E-state index in [0.717, 1.165) is 5.56 Å². The van der Waals surface area contributed by atoms with Crippen molar-refractivity contribution in [2.75, 3.05) is 31.2 Å². The number of morpholine rings is 1. The lowest BCUT2D eigenvalue weighted by Gasteiger charge is -2.24. The highest BCUT2D eigenvalue weighted by molar-refractivity contribution is 7.12. The minimum absolute atomic E-state index is 0.167. The largest absolute Gasteiger partial charge is 0.405 e. The molecule has 26 heavy (non-hydrogen) atoms. The van der Waals surface area contributed by atoms with Crippen molar-refractivity contribution in [3.05, 3.63) is 64.2 Å². The quantitative estimate of drug-likeness (QED) is 0.743. The molecule has 0 saturated carbocycles. The first-order valence-electron chi connectivity index (χ1n) is 8.36. The highest BCUT2D eigenvalue weighted by Crippen LogP contribution is 2.25. The van der Waals surface area contributed by atoms with Crippen molar-refractivity contribution in [2.24, 2.45) is 0 Å². The Hall–Kier alpha value is -2.71. The van der Waals surface area contributed by atoms with Gasteiger partial charge in [-0.3, -0.25) is 4.79 Å². The highest BCUT2D eigenvalue weighted by atomic mass is 32.1. The summed E-state index contributed by atoms with van der Waals surface area (Å²) in [6.45, 7) is 2.68. The van der Waals surface area contributed by atoms with Crippen molar-refractivity contribution in [3.8, 4) is 0 Å². The molecule has 134 valence electrons. The number of anilines is 1. The number of carbonyl (C=O) groups excluding carboxylic acids is 1. The summed E-state index contributed by atoms with van der Waals surface area (Å²) in [5.74, 6) is 0.197. The second-order valence-corrected chi connectivity index (χ2v) is 6.76. The zero-order chi connectivity index (χ0) is 17.8. The smallest absolute Gasteiger partial charge is 0.318 e. The van der Waals surface area contributed by atoms with Crippen molar-refractivity contribution in [2.45, 2.75) is 6.04 Å². The average Bonchev–Trinajstić information content (AvgIpc) is 3.39. The molecule has 3 heterocycles. The first-order valence-corrected chi connectivity index (χ1v) is 9.24. The van der Waals surface area contributed by atoms with E-state index in [1.807, 2.05) is 46.7 Å². The Morgan fingerprint density at radius 1 is 1.12 bits per heavy atom. The first kappa shape index (κ1) is 16.7. The van der Waals surface area contributed by atoms with E-state index in [1.54, 1.807) is 6.07 Å². The summed E-state index contributed by atoms with van der Waals surface area (Å²) in [5, 5.41) is 13.2. The second-order valence-electron chi connectivity index (χ2n) is 5.82. The van der Waals surface area contributed by atoms with Gasteiger partial charge in [0.1, 0.15) is 6.04 Å². The fraction of sp³-hybridized carbons (Fsp3) is 0.278. The third-order valence-electron chi connectivity index (χ3n) is 4.11. The van der Waals surface area contributed by atoms with Crippen molar-refractivity contribution in [1.29, 1.82) is 0 Å². The van der Waals surface area contributed by atoms with E-state index in [0.29, 0.717) is 43.1 Å². The van der Waals surface area contributed by atoms with Gasteiger partial charge < -0.3 is 19.4 Å². The van der Waals surface area contributed by atoms with Crippen LogP contribution in [0.3, 0.4) is 0 Å². The molecule has 1 saturated heterocycles. The van der Waals surface area contributed by atoms with Crippen molar-refractivity contribution in [3.63, 3.8) is 0 Å². The van der Waals surface area contributed by atoms with Gasteiger partial charge in [-0.25, -0.2) is 0 Å². The van der Waals surface area contributed by atoms with Crippen LogP contribution in [0, 0.1) is 0 Å². The minimum Gasteiger partial charge on any atom is -0.405 e. The van der Waals surface area contributed by atoms with Gasteiger partial charge in [0.2, 0.25) is 5.89 Å². The predicted octanol–water partition coefficient (Wildman–Crippen LogP) is 2.49. The van der Waals surface area contributed by atoms with E-state index < -0.39 is 6.04 Å². The Kier molecular flexibility index (Phi) is 4.94. The van der Waals surface area contributed by atoms with Gasteiger partial charge in [-0.15, -0.1) is 16.4 Å². The minimum atomic E-state index is -0.506. The standard InChI is InChI=1S/C18H18N4O3S/c23-16(14-7-4-12-26-14)19-15(13-5-2-1-3-6-13)17-20-21-18(25-17)22-8-10-24-11-9-22/h1-7,12,15H,8-11H2,(H,19,23)/t15-/m0/s1. The normalized spacial score (nSPS) is 15.6. The van der Waals surface area contributed by atoms with Gasteiger partial charge in [0.15, 0.2) is 0 Å². The van der Waals surface area contributed by atoms with Crippen LogP contribution in [0.15, 0.2) is 52.3 Å². The molecule has 1 aromatic carbocycles. The summed E-state index contributed by atoms with van der Waals surface area (Å²) in [4.78, 5) is 15.2. The van der Waals surface area contributed by atoms with Crippen molar-refractivity contribution in [1.82, 2.24) is 15.5 Å². The van der Waals surface area contributed by atoms with Gasteiger partial charge >= 0.3 is 6.01 Å². The molecule has 2 aromatic heterocycles. The number of hydrogen-bond donors (Lipinski definition) is 1. The third kappa shape index (κ3) is 3.61. The number of rotatable bonds is 5. The molecule has 3 aromatic rings. The van der Waals surface area contributed by atoms with Crippen LogP contribution >= 0.6 is 11.3 Å². The molecular formula is C18H18N4O3S. The highest BCUT2D eigenvalue weighted by Gasteiger charge is 2.25. The van der Waals surface area contributed by atoms with Gasteiger partial charge in [0.05, 0.1) is 18.1 Å². The Balaban J connectivity index is 1.60. The molecule has 8 heteroatoms. The molecule has 0 aliphatic carbocycles. The number of nitrogens with zero attached hydrogens (tertiary/aromatic N) is 3. The van der Waals surface area contributed by atoms with E-state index in [-0.39, 0.29) is 5.91 Å². The molecule has 0 unspecified atom stereocenters. The lowest BCUT2D eigenvalue weighted by atomic mass is 10.1. The molecular weight excluding hydrogens is 352 g/mol. The molecule has 0 spiro atoms. The van der Waals surface area contributed by atoms with Gasteiger partial charge in [-0.05, 0) is 17.0 Å². The summed E-state index contributed by atoms with van der Waals surface area (Å²) >= 11 is 1.39. The Morgan fingerprint density at radius 3 is 2.65 bits per heavy atom. The van der Waals surface area contributed by atoms with E-state index >= 15 is 0 Å². The number of ether oxygens (including phenoxy) is 1. The SMILES string of the molecule is O=C(N[C@@H](c1ccccc1)c1nnc(N2CCOCC2)o1)c1cccs1. The fourth-order valence-corrected chi connectivity index (χ4v) is 3.40. The van der Waals surface area contributed by atoms with Crippen LogP contribution in [0.2, 0.25) is 0 Å². The fourth-order valence-electron chi connectivity index (χ4n) is 2.77. The van der Waals surface area contributed by atoms with Crippen LogP contribution in [-0.4, -0.2) is 42.4 Å². The van der Waals surface area contributed by atoms with Gasteiger partial charge in [-0.2, -0.15) is 0 Å². The topological polar surface area (TPSA) is 80.5 Å². The molecule has 4 rings (SSSR count). The molecule has 1 N–H and O–H groups in total. The maximum absolute atomic E-state index is 12.6. The second kappa shape index (κ2) is 7.67. The number of hydrogen-bond acceptors (Lipinski definition) is 7. The molecule has 1 fully saturated rings. The zero-order valence-electron chi connectivity index (χ0n) is 14.0. The molecule has 1 aliphatic rings. The Bertz CT molecular complexity index is 844. The Morgan fingerprint density at radius 2 is 1.92 bits per heavy atom. The van der Waals surface area contributed by atoms with Gasteiger partial charge in [0, 0.05) is 13.1 Å². The van der Waals surface area contributed by atoms with E-state index in [4.69, 9.17) is 9.15 Å².